The van der Waals surface area contributed by atoms with Crippen molar-refractivity contribution in [1.82, 2.24) is 5.32 Å². The fraction of sp³-hybridized carbons (Fsp3) is 0.837. The van der Waals surface area contributed by atoms with Crippen molar-refractivity contribution in [2.45, 2.75) is 257 Å². The molecule has 0 radical (unpaired) electrons. The van der Waals surface area contributed by atoms with Crippen LogP contribution in [0.2, 0.25) is 0 Å². The van der Waals surface area contributed by atoms with Crippen molar-refractivity contribution in [2.24, 2.45) is 0 Å². The molecule has 3 unspecified atom stereocenters. The van der Waals surface area contributed by atoms with E-state index in [1.54, 1.807) is 0 Å². The SMILES string of the molecule is CC/C=C/C=C/C=C\CCCCCCCC(=O)OC(CCCCCCCCCCCCCCC)CC(=O)NC(CO)C(O)CCCCCCCCCCCC. The van der Waals surface area contributed by atoms with Crippen LogP contribution in [-0.4, -0.2) is 46.9 Å². The number of aliphatic hydroxyl groups excluding tert-OH is 2. The summed E-state index contributed by atoms with van der Waals surface area (Å²) >= 11 is 0. The third-order valence-electron chi connectivity index (χ3n) is 10.8. The van der Waals surface area contributed by atoms with Gasteiger partial charge >= 0.3 is 5.97 Å². The number of nitrogens with one attached hydrogen (secondary N) is 1. The molecule has 0 saturated heterocycles. The summed E-state index contributed by atoms with van der Waals surface area (Å²) in [7, 11) is 0. The molecule has 6 nitrogen and oxygen atoms in total. The summed E-state index contributed by atoms with van der Waals surface area (Å²) in [5, 5.41) is 23.6. The van der Waals surface area contributed by atoms with Gasteiger partial charge in [-0.3, -0.25) is 9.59 Å². The number of aliphatic hydroxyl groups is 2. The number of esters is 1. The molecule has 3 N–H and O–H groups in total. The average Bonchev–Trinajstić information content (AvgIpc) is 3.18. The number of amides is 1. The predicted molar refractivity (Wildman–Crippen MR) is 236 cm³/mol. The summed E-state index contributed by atoms with van der Waals surface area (Å²) in [5.41, 5.74) is 0. The molecule has 6 heteroatoms. The number of rotatable bonds is 42. The van der Waals surface area contributed by atoms with Crippen LogP contribution in [0.4, 0.5) is 0 Å². The molecule has 0 aliphatic heterocycles. The summed E-state index contributed by atoms with van der Waals surface area (Å²) in [5.74, 6) is -0.491. The van der Waals surface area contributed by atoms with E-state index in [1.165, 1.54) is 116 Å². The smallest absolute Gasteiger partial charge is 0.306 e. The lowest BCUT2D eigenvalue weighted by Gasteiger charge is -2.24. The fourth-order valence-electron chi connectivity index (χ4n) is 7.19. The van der Waals surface area contributed by atoms with Crippen LogP contribution in [0.15, 0.2) is 36.5 Å². The first kappa shape index (κ1) is 53.1. The summed E-state index contributed by atoms with van der Waals surface area (Å²) in [6.45, 7) is 6.33. The Bertz CT molecular complexity index is 915. The number of ether oxygens (including phenoxy) is 1. The standard InChI is InChI=1S/C49H91NO5/c1-4-7-10-13-16-19-22-24-26-28-31-34-37-40-45(55-49(54)42-39-36-33-30-27-25-23-20-17-14-11-8-5-2)43-48(53)50-46(44-51)47(52)41-38-35-32-29-21-18-15-12-9-6-3/h8,11,14,17,20,23,45-47,51-52H,4-7,9-10,12-13,15-16,18-19,21-22,24-44H2,1-3H3,(H,50,53)/b11-8+,17-14+,23-20-. The van der Waals surface area contributed by atoms with E-state index >= 15 is 0 Å². The van der Waals surface area contributed by atoms with Crippen LogP contribution in [0.3, 0.4) is 0 Å². The first-order valence-corrected chi connectivity index (χ1v) is 23.7. The third-order valence-corrected chi connectivity index (χ3v) is 10.8. The van der Waals surface area contributed by atoms with Crippen LogP contribution < -0.4 is 5.32 Å². The van der Waals surface area contributed by atoms with E-state index in [9.17, 15) is 19.8 Å². The Balaban J connectivity index is 4.61. The van der Waals surface area contributed by atoms with Crippen molar-refractivity contribution < 1.29 is 24.5 Å². The molecular weight excluding hydrogens is 683 g/mol. The van der Waals surface area contributed by atoms with E-state index in [0.29, 0.717) is 19.3 Å². The van der Waals surface area contributed by atoms with Gasteiger partial charge in [-0.15, -0.1) is 0 Å². The number of hydrogen-bond acceptors (Lipinski definition) is 5. The zero-order chi connectivity index (χ0) is 40.3. The number of carbonyl (C=O) groups excluding carboxylic acids is 2. The molecule has 0 aliphatic rings. The lowest BCUT2D eigenvalue weighted by atomic mass is 10.0. The Kier molecular flexibility index (Phi) is 41.7. The van der Waals surface area contributed by atoms with E-state index in [1.807, 2.05) is 0 Å². The number of allylic oxidation sites excluding steroid dienone is 6. The van der Waals surface area contributed by atoms with Crippen LogP contribution in [0, 0.1) is 0 Å². The van der Waals surface area contributed by atoms with Crippen molar-refractivity contribution in [1.29, 1.82) is 0 Å². The van der Waals surface area contributed by atoms with Crippen LogP contribution in [0.5, 0.6) is 0 Å². The van der Waals surface area contributed by atoms with Gasteiger partial charge in [0.15, 0.2) is 0 Å². The predicted octanol–water partition coefficient (Wildman–Crippen LogP) is 13.7. The Labute approximate surface area is 341 Å². The maximum Gasteiger partial charge on any atom is 0.306 e. The normalized spacial score (nSPS) is 13.6. The van der Waals surface area contributed by atoms with E-state index in [2.05, 4.69) is 62.5 Å². The topological polar surface area (TPSA) is 95.9 Å². The minimum atomic E-state index is -0.786. The molecule has 0 aromatic carbocycles. The third kappa shape index (κ3) is 38.7. The van der Waals surface area contributed by atoms with E-state index in [4.69, 9.17) is 4.74 Å². The van der Waals surface area contributed by atoms with Crippen molar-refractivity contribution in [3.05, 3.63) is 36.5 Å². The van der Waals surface area contributed by atoms with Gasteiger partial charge in [-0.25, -0.2) is 0 Å². The molecular formula is C49H91NO5. The molecule has 1 amide bonds. The molecule has 0 rings (SSSR count). The highest BCUT2D eigenvalue weighted by Gasteiger charge is 2.24. The highest BCUT2D eigenvalue weighted by molar-refractivity contribution is 5.77. The molecule has 0 aromatic heterocycles. The lowest BCUT2D eigenvalue weighted by molar-refractivity contribution is -0.151. The van der Waals surface area contributed by atoms with Crippen LogP contribution >= 0.6 is 0 Å². The Hall–Kier alpha value is -1.92. The maximum absolute atomic E-state index is 13.1. The number of carbonyl (C=O) groups is 2. The minimum absolute atomic E-state index is 0.0725. The molecule has 0 saturated carbocycles. The molecule has 322 valence electrons. The van der Waals surface area contributed by atoms with Gasteiger partial charge in [0.1, 0.15) is 6.10 Å². The first-order valence-electron chi connectivity index (χ1n) is 23.7. The molecule has 55 heavy (non-hydrogen) atoms. The van der Waals surface area contributed by atoms with Crippen LogP contribution in [-0.2, 0) is 14.3 Å². The van der Waals surface area contributed by atoms with Crippen LogP contribution in [0.1, 0.15) is 239 Å². The Morgan fingerprint density at radius 1 is 0.545 bits per heavy atom. The minimum Gasteiger partial charge on any atom is -0.462 e. The van der Waals surface area contributed by atoms with Gasteiger partial charge in [-0.1, -0.05) is 218 Å². The van der Waals surface area contributed by atoms with Gasteiger partial charge in [0.2, 0.25) is 5.91 Å². The Morgan fingerprint density at radius 3 is 1.47 bits per heavy atom. The molecule has 0 bridgehead atoms. The number of unbranched alkanes of at least 4 members (excludes halogenated alkanes) is 26. The van der Waals surface area contributed by atoms with Crippen LogP contribution in [0.25, 0.3) is 0 Å². The number of hydrogen-bond donors (Lipinski definition) is 3. The summed E-state index contributed by atoms with van der Waals surface area (Å²) in [6.07, 6.45) is 49.1. The molecule has 3 atom stereocenters. The maximum atomic E-state index is 13.1. The quantitative estimate of drug-likeness (QED) is 0.0326. The Morgan fingerprint density at radius 2 is 0.982 bits per heavy atom. The molecule has 0 aromatic rings. The summed E-state index contributed by atoms with van der Waals surface area (Å²) in [4.78, 5) is 26.0. The van der Waals surface area contributed by atoms with E-state index in [-0.39, 0.29) is 24.9 Å². The van der Waals surface area contributed by atoms with Gasteiger partial charge < -0.3 is 20.3 Å². The highest BCUT2D eigenvalue weighted by Crippen LogP contribution is 2.18. The molecule has 0 heterocycles. The average molecular weight is 774 g/mol. The zero-order valence-corrected chi connectivity index (χ0v) is 36.6. The van der Waals surface area contributed by atoms with Gasteiger partial charge in [0, 0.05) is 6.42 Å². The first-order chi connectivity index (χ1) is 27.0. The second kappa shape index (κ2) is 43.2. The summed E-state index contributed by atoms with van der Waals surface area (Å²) < 4.78 is 5.90. The summed E-state index contributed by atoms with van der Waals surface area (Å²) in [6, 6.07) is -0.700. The second-order valence-corrected chi connectivity index (χ2v) is 16.2. The largest absolute Gasteiger partial charge is 0.462 e. The van der Waals surface area contributed by atoms with E-state index < -0.39 is 18.2 Å². The van der Waals surface area contributed by atoms with Crippen molar-refractivity contribution in [3.63, 3.8) is 0 Å². The van der Waals surface area contributed by atoms with Crippen molar-refractivity contribution in [2.75, 3.05) is 6.61 Å². The highest BCUT2D eigenvalue weighted by atomic mass is 16.5. The zero-order valence-electron chi connectivity index (χ0n) is 36.6. The molecule has 0 aliphatic carbocycles. The second-order valence-electron chi connectivity index (χ2n) is 16.2. The van der Waals surface area contributed by atoms with Crippen molar-refractivity contribution >= 4 is 11.9 Å². The molecule has 0 spiro atoms. The van der Waals surface area contributed by atoms with Gasteiger partial charge in [0.05, 0.1) is 25.2 Å². The lowest BCUT2D eigenvalue weighted by Crippen LogP contribution is -2.46. The van der Waals surface area contributed by atoms with Crippen molar-refractivity contribution in [3.8, 4) is 0 Å². The van der Waals surface area contributed by atoms with Gasteiger partial charge in [0.25, 0.3) is 0 Å². The van der Waals surface area contributed by atoms with Gasteiger partial charge in [-0.05, 0) is 44.9 Å². The van der Waals surface area contributed by atoms with E-state index in [0.717, 1.165) is 77.0 Å². The monoisotopic (exact) mass is 774 g/mol. The van der Waals surface area contributed by atoms with Gasteiger partial charge in [-0.2, -0.15) is 0 Å². The molecule has 0 fully saturated rings. The fourth-order valence-corrected chi connectivity index (χ4v) is 7.19.